The highest BCUT2D eigenvalue weighted by molar-refractivity contribution is 5.79. The summed E-state index contributed by atoms with van der Waals surface area (Å²) in [5.74, 6) is -0.822. The highest BCUT2D eigenvalue weighted by atomic mass is 19.4. The number of rotatable bonds is 6. The van der Waals surface area contributed by atoms with Crippen molar-refractivity contribution in [3.8, 4) is 17.0 Å². The summed E-state index contributed by atoms with van der Waals surface area (Å²) in [4.78, 5) is 28.7. The van der Waals surface area contributed by atoms with Crippen LogP contribution < -0.4 is 15.6 Å². The maximum Gasteiger partial charge on any atom is 0.573 e. The normalized spacial score (nSPS) is 12.3. The summed E-state index contributed by atoms with van der Waals surface area (Å²) in [5, 5.41) is 6.88. The van der Waals surface area contributed by atoms with Gasteiger partial charge in [-0.3, -0.25) is 14.6 Å². The van der Waals surface area contributed by atoms with Gasteiger partial charge in [-0.1, -0.05) is 12.1 Å². The second-order valence-corrected chi connectivity index (χ2v) is 6.33. The van der Waals surface area contributed by atoms with Gasteiger partial charge in [-0.2, -0.15) is 5.10 Å². The number of alkyl halides is 3. The van der Waals surface area contributed by atoms with Gasteiger partial charge in [0.2, 0.25) is 5.91 Å². The second-order valence-electron chi connectivity index (χ2n) is 6.33. The Balaban J connectivity index is 1.67. The van der Waals surface area contributed by atoms with Crippen LogP contribution in [0.5, 0.6) is 5.75 Å². The van der Waals surface area contributed by atoms with Gasteiger partial charge in [-0.25, -0.2) is 4.68 Å². The Hall–Kier alpha value is -3.69. The Morgan fingerprint density at radius 3 is 2.53 bits per heavy atom. The first-order valence-electron chi connectivity index (χ1n) is 8.85. The summed E-state index contributed by atoms with van der Waals surface area (Å²) < 4.78 is 41.5. The van der Waals surface area contributed by atoms with E-state index in [1.165, 1.54) is 25.1 Å². The summed E-state index contributed by atoms with van der Waals surface area (Å²) in [7, 11) is 0. The second kappa shape index (κ2) is 8.76. The molecule has 0 saturated heterocycles. The Labute approximate surface area is 169 Å². The highest BCUT2D eigenvalue weighted by Crippen LogP contribution is 2.22. The first-order valence-corrected chi connectivity index (χ1v) is 8.85. The molecule has 1 aromatic carbocycles. The molecule has 0 aliphatic rings. The quantitative estimate of drug-likeness (QED) is 0.665. The number of hydrogen-bond donors (Lipinski definition) is 1. The lowest BCUT2D eigenvalue weighted by Crippen LogP contribution is -2.36. The number of nitrogens with one attached hydrogen (secondary N) is 1. The smallest absolute Gasteiger partial charge is 0.406 e. The maximum absolute atomic E-state index is 12.5. The van der Waals surface area contributed by atoms with Gasteiger partial charge in [0, 0.05) is 30.6 Å². The van der Waals surface area contributed by atoms with E-state index in [1.807, 2.05) is 0 Å². The molecule has 1 amide bonds. The number of benzene rings is 1. The van der Waals surface area contributed by atoms with Crippen LogP contribution in [0.4, 0.5) is 13.2 Å². The summed E-state index contributed by atoms with van der Waals surface area (Å²) in [6.45, 7) is 1.59. The molecule has 0 radical (unpaired) electrons. The first-order chi connectivity index (χ1) is 14.2. The van der Waals surface area contributed by atoms with Crippen molar-refractivity contribution >= 4 is 5.91 Å². The number of nitrogens with zero attached hydrogens (tertiary/aromatic N) is 3. The van der Waals surface area contributed by atoms with Gasteiger partial charge in [-0.05, 0) is 42.8 Å². The van der Waals surface area contributed by atoms with Gasteiger partial charge in [0.05, 0.1) is 5.69 Å². The molecule has 0 spiro atoms. The monoisotopic (exact) mass is 418 g/mol. The molecule has 2 aromatic heterocycles. The molecule has 156 valence electrons. The van der Waals surface area contributed by atoms with Crippen molar-refractivity contribution in [1.82, 2.24) is 20.1 Å². The van der Waals surface area contributed by atoms with Crippen molar-refractivity contribution in [2.75, 3.05) is 0 Å². The summed E-state index contributed by atoms with van der Waals surface area (Å²) in [6, 6.07) is 10.6. The fourth-order valence-electron chi connectivity index (χ4n) is 2.63. The zero-order valence-electron chi connectivity index (χ0n) is 15.8. The Bertz CT molecular complexity index is 1070. The van der Waals surface area contributed by atoms with Crippen molar-refractivity contribution in [2.45, 2.75) is 25.9 Å². The molecule has 1 N–H and O–H groups in total. The number of hydrogen-bond acceptors (Lipinski definition) is 5. The molecule has 0 aliphatic carbocycles. The summed E-state index contributed by atoms with van der Waals surface area (Å²) in [6.07, 6.45) is -1.57. The molecule has 30 heavy (non-hydrogen) atoms. The first kappa shape index (κ1) is 21.0. The molecular formula is C20H17F3N4O3. The van der Waals surface area contributed by atoms with E-state index in [4.69, 9.17) is 0 Å². The van der Waals surface area contributed by atoms with Crippen LogP contribution in [0.15, 0.2) is 65.7 Å². The summed E-state index contributed by atoms with van der Waals surface area (Å²) in [5.41, 5.74) is 1.30. The predicted molar refractivity (Wildman–Crippen MR) is 101 cm³/mol. The average Bonchev–Trinajstić information content (AvgIpc) is 2.72. The molecule has 3 aromatic rings. The zero-order chi connectivity index (χ0) is 21.7. The molecule has 0 aliphatic heterocycles. The van der Waals surface area contributed by atoms with Crippen LogP contribution in [0, 0.1) is 0 Å². The summed E-state index contributed by atoms with van der Waals surface area (Å²) >= 11 is 0. The molecule has 3 rings (SSSR count). The van der Waals surface area contributed by atoms with E-state index in [2.05, 4.69) is 20.1 Å². The van der Waals surface area contributed by atoms with Gasteiger partial charge in [0.25, 0.3) is 5.56 Å². The Morgan fingerprint density at radius 1 is 1.17 bits per heavy atom. The number of aromatic nitrogens is 3. The molecule has 0 saturated carbocycles. The maximum atomic E-state index is 12.5. The SMILES string of the molecule is CC(C(=O)NCc1ccc(OC(F)(F)F)cc1)n1nc(-c2cccnc2)ccc1=O. The van der Waals surface area contributed by atoms with Gasteiger partial charge in [0.1, 0.15) is 11.8 Å². The van der Waals surface area contributed by atoms with Crippen LogP contribution in [0.2, 0.25) is 0 Å². The highest BCUT2D eigenvalue weighted by Gasteiger charge is 2.31. The fourth-order valence-corrected chi connectivity index (χ4v) is 2.63. The van der Waals surface area contributed by atoms with E-state index < -0.39 is 23.9 Å². The van der Waals surface area contributed by atoms with Crippen molar-refractivity contribution in [3.63, 3.8) is 0 Å². The Kier molecular flexibility index (Phi) is 6.14. The lowest BCUT2D eigenvalue weighted by Gasteiger charge is -2.15. The van der Waals surface area contributed by atoms with Crippen LogP contribution in [0.25, 0.3) is 11.3 Å². The van der Waals surface area contributed by atoms with Crippen LogP contribution in [-0.2, 0) is 11.3 Å². The lowest BCUT2D eigenvalue weighted by molar-refractivity contribution is -0.274. The van der Waals surface area contributed by atoms with Crippen molar-refractivity contribution in [3.05, 3.63) is 76.8 Å². The number of amides is 1. The fraction of sp³-hybridized carbons (Fsp3) is 0.200. The van der Waals surface area contributed by atoms with Crippen LogP contribution in [-0.4, -0.2) is 27.0 Å². The molecule has 1 atom stereocenters. The lowest BCUT2D eigenvalue weighted by atomic mass is 10.2. The number of ether oxygens (including phenoxy) is 1. The van der Waals surface area contributed by atoms with Crippen molar-refractivity contribution in [2.24, 2.45) is 0 Å². The van der Waals surface area contributed by atoms with Gasteiger partial charge < -0.3 is 10.1 Å². The topological polar surface area (TPSA) is 86.1 Å². The van der Waals surface area contributed by atoms with Crippen LogP contribution in [0.1, 0.15) is 18.5 Å². The average molecular weight is 418 g/mol. The van der Waals surface area contributed by atoms with E-state index in [0.29, 0.717) is 16.8 Å². The van der Waals surface area contributed by atoms with Crippen molar-refractivity contribution in [1.29, 1.82) is 0 Å². The van der Waals surface area contributed by atoms with Gasteiger partial charge in [0.15, 0.2) is 0 Å². The minimum atomic E-state index is -4.77. The molecule has 0 fully saturated rings. The third-order valence-corrected chi connectivity index (χ3v) is 4.15. The standard InChI is InChI=1S/C20H17F3N4O3/c1-13(27-18(28)9-8-17(26-27)15-3-2-10-24-12-15)19(29)25-11-14-4-6-16(7-5-14)30-20(21,22)23/h2-10,12-13H,11H2,1H3,(H,25,29). The number of pyridine rings is 1. The Morgan fingerprint density at radius 2 is 1.90 bits per heavy atom. The number of carbonyl (C=O) groups excluding carboxylic acids is 1. The minimum Gasteiger partial charge on any atom is -0.406 e. The predicted octanol–water partition coefficient (Wildman–Crippen LogP) is 3.08. The van der Waals surface area contributed by atoms with Crippen molar-refractivity contribution < 1.29 is 22.7 Å². The zero-order valence-corrected chi connectivity index (χ0v) is 15.8. The van der Waals surface area contributed by atoms with E-state index in [0.717, 1.165) is 16.8 Å². The van der Waals surface area contributed by atoms with E-state index in [1.54, 1.807) is 30.6 Å². The number of halogens is 3. The van der Waals surface area contributed by atoms with Crippen LogP contribution >= 0.6 is 0 Å². The molecule has 2 heterocycles. The third-order valence-electron chi connectivity index (χ3n) is 4.15. The van der Waals surface area contributed by atoms with E-state index >= 15 is 0 Å². The third kappa shape index (κ3) is 5.43. The number of carbonyl (C=O) groups is 1. The van der Waals surface area contributed by atoms with Crippen LogP contribution in [0.3, 0.4) is 0 Å². The largest absolute Gasteiger partial charge is 0.573 e. The minimum absolute atomic E-state index is 0.0620. The molecular weight excluding hydrogens is 401 g/mol. The van der Waals surface area contributed by atoms with Gasteiger partial charge >= 0.3 is 6.36 Å². The van der Waals surface area contributed by atoms with E-state index in [9.17, 15) is 22.8 Å². The molecule has 7 nitrogen and oxygen atoms in total. The molecule has 0 bridgehead atoms. The van der Waals surface area contributed by atoms with E-state index in [-0.39, 0.29) is 12.3 Å². The molecule has 10 heteroatoms. The molecule has 1 unspecified atom stereocenters. The van der Waals surface area contributed by atoms with Gasteiger partial charge in [-0.15, -0.1) is 13.2 Å².